The van der Waals surface area contributed by atoms with E-state index in [1.54, 1.807) is 24.5 Å². The number of fused-ring (bicyclic) bond motifs is 4. The Bertz CT molecular complexity index is 3010. The number of para-hydroxylation sites is 1. The van der Waals surface area contributed by atoms with Crippen molar-refractivity contribution in [3.05, 3.63) is 205 Å². The van der Waals surface area contributed by atoms with Gasteiger partial charge in [-0.05, 0) is 70.3 Å². The van der Waals surface area contributed by atoms with Crippen LogP contribution in [0.4, 0.5) is 11.4 Å². The maximum absolute atomic E-state index is 15.3. The zero-order chi connectivity index (χ0) is 37.8. The monoisotopic (exact) mass is 718 g/mol. The predicted octanol–water partition coefficient (Wildman–Crippen LogP) is 12.2. The van der Waals surface area contributed by atoms with Crippen LogP contribution in [0.15, 0.2) is 182 Å². The Hall–Kier alpha value is -7.88. The van der Waals surface area contributed by atoms with Crippen LogP contribution in [0.5, 0.6) is 0 Å². The summed E-state index contributed by atoms with van der Waals surface area (Å²) in [4.78, 5) is 39.8. The third-order valence-corrected chi connectivity index (χ3v) is 10.7. The van der Waals surface area contributed by atoms with Gasteiger partial charge in [0.1, 0.15) is 0 Å². The molecule has 0 saturated carbocycles. The molecule has 6 heteroatoms. The molecule has 0 spiro atoms. The lowest BCUT2D eigenvalue weighted by molar-refractivity contribution is 0.0926. The highest BCUT2D eigenvalue weighted by atomic mass is 16.2. The van der Waals surface area contributed by atoms with Crippen LogP contribution in [0.2, 0.25) is 0 Å². The van der Waals surface area contributed by atoms with Gasteiger partial charge < -0.3 is 4.57 Å². The molecule has 3 heterocycles. The molecule has 1 aliphatic heterocycles. The second-order valence-corrected chi connectivity index (χ2v) is 13.7. The van der Waals surface area contributed by atoms with Gasteiger partial charge in [-0.15, -0.1) is 0 Å². The molecule has 1 aliphatic rings. The second-order valence-electron chi connectivity index (χ2n) is 13.7. The second kappa shape index (κ2) is 13.2. The van der Waals surface area contributed by atoms with Crippen molar-refractivity contribution < 1.29 is 9.59 Å². The molecule has 10 rings (SSSR count). The van der Waals surface area contributed by atoms with Crippen molar-refractivity contribution >= 4 is 45.0 Å². The number of carbonyl (C=O) groups excluding carboxylic acids is 2. The molecule has 6 nitrogen and oxygen atoms in total. The van der Waals surface area contributed by atoms with Crippen molar-refractivity contribution in [2.75, 3.05) is 4.90 Å². The minimum Gasteiger partial charge on any atom is -0.308 e. The molecule has 0 aliphatic carbocycles. The Labute approximate surface area is 323 Å². The molecule has 2 aromatic heterocycles. The van der Waals surface area contributed by atoms with Crippen molar-refractivity contribution in [3.63, 3.8) is 0 Å². The molecule has 0 bridgehead atoms. The van der Waals surface area contributed by atoms with Crippen LogP contribution < -0.4 is 4.90 Å². The summed E-state index contributed by atoms with van der Waals surface area (Å²) in [6.07, 6.45) is 3.36. The summed E-state index contributed by atoms with van der Waals surface area (Å²) in [5.74, 6) is -0.778. The molecule has 0 radical (unpaired) electrons. The Balaban J connectivity index is 1.23. The third kappa shape index (κ3) is 5.07. The summed E-state index contributed by atoms with van der Waals surface area (Å²) >= 11 is 0. The zero-order valence-corrected chi connectivity index (χ0v) is 29.9. The molecule has 0 saturated heterocycles. The molecule has 0 atom stereocenters. The summed E-state index contributed by atoms with van der Waals surface area (Å²) in [5, 5.41) is 1.89. The number of benzene rings is 7. The van der Waals surface area contributed by atoms with Crippen LogP contribution in [0.25, 0.3) is 76.8 Å². The first-order valence-electron chi connectivity index (χ1n) is 18.3. The normalized spacial score (nSPS) is 12.3. The van der Waals surface area contributed by atoms with E-state index in [0.29, 0.717) is 28.2 Å². The van der Waals surface area contributed by atoms with Crippen LogP contribution in [0.1, 0.15) is 20.7 Å². The highest BCUT2D eigenvalue weighted by molar-refractivity contribution is 6.37. The first kappa shape index (κ1) is 32.7. The molecule has 0 N–H and O–H groups in total. The van der Waals surface area contributed by atoms with Crippen LogP contribution >= 0.6 is 0 Å². The van der Waals surface area contributed by atoms with Gasteiger partial charge in [0, 0.05) is 39.9 Å². The fourth-order valence-corrected chi connectivity index (χ4v) is 8.20. The standard InChI is InChI=1S/C50H30N4O2/c1-51-42-27-28-52-31-41(42)36-22-13-25-44-46(36)37-21-11-12-24-43(37)53(44)45-26-14-23-38-47(45)50(56)54(49(38)55)48-39(33-17-7-3-8-18-33)29-35(32-15-5-2-6-16-32)30-40(48)34-19-9-4-10-20-34/h2-31H. The number of aromatic nitrogens is 2. The number of hydrogen-bond donors (Lipinski definition) is 0. The SMILES string of the molecule is [C-]#[N+]c1ccncc1-c1cccc2c1c1ccccc1n2-c1cccc2c1C(=O)N(c1c(-c3ccccc3)cc(-c3ccccc3)cc1-c1ccccc1)C2=O. The van der Waals surface area contributed by atoms with Crippen LogP contribution in [0, 0.1) is 6.57 Å². The third-order valence-electron chi connectivity index (χ3n) is 10.7. The summed E-state index contributed by atoms with van der Waals surface area (Å²) in [5.41, 5.74) is 10.9. The summed E-state index contributed by atoms with van der Waals surface area (Å²) in [6, 6.07) is 55.5. The lowest BCUT2D eigenvalue weighted by Gasteiger charge is -2.24. The highest BCUT2D eigenvalue weighted by Crippen LogP contribution is 2.47. The average Bonchev–Trinajstić information content (AvgIpc) is 3.74. The average molecular weight is 719 g/mol. The van der Waals surface area contributed by atoms with Crippen LogP contribution in [-0.2, 0) is 0 Å². The Kier molecular flexibility index (Phi) is 7.72. The molecular formula is C50H30N4O2. The van der Waals surface area contributed by atoms with E-state index in [1.165, 1.54) is 4.90 Å². The fourth-order valence-electron chi connectivity index (χ4n) is 8.20. The van der Waals surface area contributed by atoms with Gasteiger partial charge in [-0.1, -0.05) is 127 Å². The molecule has 56 heavy (non-hydrogen) atoms. The largest absolute Gasteiger partial charge is 0.308 e. The number of hydrogen-bond acceptors (Lipinski definition) is 3. The fraction of sp³-hybridized carbons (Fsp3) is 0. The molecular weight excluding hydrogens is 689 g/mol. The zero-order valence-electron chi connectivity index (χ0n) is 29.9. The van der Waals surface area contributed by atoms with E-state index in [0.717, 1.165) is 66.3 Å². The first-order valence-corrected chi connectivity index (χ1v) is 18.3. The van der Waals surface area contributed by atoms with E-state index in [-0.39, 0.29) is 5.91 Å². The minimum absolute atomic E-state index is 0.332. The smallest absolute Gasteiger partial charge is 0.268 e. The van der Waals surface area contributed by atoms with E-state index in [2.05, 4.69) is 44.7 Å². The number of amides is 2. The van der Waals surface area contributed by atoms with Crippen molar-refractivity contribution in [3.8, 4) is 50.2 Å². The van der Waals surface area contributed by atoms with Gasteiger partial charge in [-0.3, -0.25) is 14.6 Å². The Morgan fingerprint density at radius 3 is 1.77 bits per heavy atom. The molecule has 0 fully saturated rings. The van der Waals surface area contributed by atoms with Crippen LogP contribution in [0.3, 0.4) is 0 Å². The number of nitrogens with zero attached hydrogens (tertiary/aromatic N) is 4. The van der Waals surface area contributed by atoms with E-state index in [1.807, 2.05) is 127 Å². The van der Waals surface area contributed by atoms with E-state index in [4.69, 9.17) is 6.57 Å². The summed E-state index contributed by atoms with van der Waals surface area (Å²) in [6.45, 7) is 7.87. The molecule has 2 amide bonds. The van der Waals surface area contributed by atoms with Gasteiger partial charge >= 0.3 is 0 Å². The van der Waals surface area contributed by atoms with Crippen molar-refractivity contribution in [1.29, 1.82) is 0 Å². The maximum atomic E-state index is 15.3. The predicted molar refractivity (Wildman–Crippen MR) is 224 cm³/mol. The molecule has 262 valence electrons. The number of carbonyl (C=O) groups is 2. The van der Waals surface area contributed by atoms with Gasteiger partial charge in [-0.2, -0.15) is 0 Å². The van der Waals surface area contributed by atoms with Gasteiger partial charge in [0.05, 0.1) is 40.1 Å². The minimum atomic E-state index is -0.396. The lowest BCUT2D eigenvalue weighted by Crippen LogP contribution is -2.30. The van der Waals surface area contributed by atoms with E-state index < -0.39 is 5.91 Å². The lowest BCUT2D eigenvalue weighted by atomic mass is 9.90. The van der Waals surface area contributed by atoms with Crippen molar-refractivity contribution in [2.45, 2.75) is 0 Å². The van der Waals surface area contributed by atoms with Crippen molar-refractivity contribution in [2.24, 2.45) is 0 Å². The quantitative estimate of drug-likeness (QED) is 0.127. The molecule has 7 aromatic carbocycles. The number of imide groups is 1. The van der Waals surface area contributed by atoms with Gasteiger partial charge in [-0.25, -0.2) is 9.74 Å². The summed E-state index contributed by atoms with van der Waals surface area (Å²) in [7, 11) is 0. The van der Waals surface area contributed by atoms with E-state index >= 15 is 4.79 Å². The molecule has 9 aromatic rings. The Morgan fingerprint density at radius 2 is 1.09 bits per heavy atom. The molecule has 0 unspecified atom stereocenters. The van der Waals surface area contributed by atoms with Crippen LogP contribution in [-0.4, -0.2) is 21.4 Å². The number of rotatable bonds is 6. The Morgan fingerprint density at radius 1 is 0.500 bits per heavy atom. The van der Waals surface area contributed by atoms with Crippen molar-refractivity contribution in [1.82, 2.24) is 9.55 Å². The topological polar surface area (TPSA) is 59.6 Å². The number of anilines is 1. The highest BCUT2D eigenvalue weighted by Gasteiger charge is 2.42. The van der Waals surface area contributed by atoms with Gasteiger partial charge in [0.25, 0.3) is 11.8 Å². The van der Waals surface area contributed by atoms with E-state index in [9.17, 15) is 4.79 Å². The summed E-state index contributed by atoms with van der Waals surface area (Å²) < 4.78 is 2.07. The number of pyridine rings is 1. The van der Waals surface area contributed by atoms with Gasteiger partial charge in [0.15, 0.2) is 5.69 Å². The van der Waals surface area contributed by atoms with Gasteiger partial charge in [0.2, 0.25) is 0 Å². The maximum Gasteiger partial charge on any atom is 0.268 e. The first-order chi connectivity index (χ1) is 27.6.